The van der Waals surface area contributed by atoms with Gasteiger partial charge in [-0.1, -0.05) is 51.1 Å². The highest BCUT2D eigenvalue weighted by atomic mass is 31.0. The molecular formula is C12H22N2P2. The summed E-state index contributed by atoms with van der Waals surface area (Å²) in [5, 5.41) is 8.24. The molecule has 0 aliphatic rings. The number of unbranched alkanes of at least 4 members (excludes halogenated alkanes) is 4. The highest BCUT2D eigenvalue weighted by Gasteiger charge is 2.07. The average Bonchev–Trinajstić information content (AvgIpc) is 2.28. The van der Waals surface area contributed by atoms with E-state index in [-0.39, 0.29) is 0 Å². The van der Waals surface area contributed by atoms with Crippen LogP contribution in [-0.2, 0) is 6.42 Å². The van der Waals surface area contributed by atoms with E-state index in [2.05, 4.69) is 42.5 Å². The van der Waals surface area contributed by atoms with E-state index in [0.717, 1.165) is 17.3 Å². The molecule has 0 N–H and O–H groups in total. The molecule has 0 fully saturated rings. The Kier molecular flexibility index (Phi) is 6.39. The molecule has 0 bridgehead atoms. The van der Waals surface area contributed by atoms with Crippen molar-refractivity contribution in [1.82, 2.24) is 10.2 Å². The van der Waals surface area contributed by atoms with E-state index in [9.17, 15) is 0 Å². The molecular weight excluding hydrogens is 234 g/mol. The highest BCUT2D eigenvalue weighted by Crippen LogP contribution is 2.11. The van der Waals surface area contributed by atoms with Crippen LogP contribution in [0.25, 0.3) is 0 Å². The van der Waals surface area contributed by atoms with Gasteiger partial charge in [-0.25, -0.2) is 0 Å². The van der Waals surface area contributed by atoms with Crippen LogP contribution in [0.15, 0.2) is 0 Å². The van der Waals surface area contributed by atoms with E-state index in [1.54, 1.807) is 0 Å². The van der Waals surface area contributed by atoms with Crippen LogP contribution in [0.5, 0.6) is 0 Å². The van der Waals surface area contributed by atoms with Gasteiger partial charge in [0.25, 0.3) is 0 Å². The maximum Gasteiger partial charge on any atom is 0.0830 e. The van der Waals surface area contributed by atoms with Crippen LogP contribution >= 0.6 is 18.5 Å². The standard InChI is InChI=1S/C12H22N2P2/c1-3-4-5-6-7-8-10-9(2)11(15)13-14-12(10)16/h3-8,15-16H2,1-2H3. The maximum absolute atomic E-state index is 4.15. The first kappa shape index (κ1) is 14.0. The first-order chi connectivity index (χ1) is 7.66. The second-order valence-corrected chi connectivity index (χ2v) is 5.33. The largest absolute Gasteiger partial charge is 0.150 e. The molecule has 0 aliphatic heterocycles. The number of nitrogens with zero attached hydrogens (tertiary/aromatic N) is 2. The van der Waals surface area contributed by atoms with Gasteiger partial charge in [0.2, 0.25) is 0 Å². The van der Waals surface area contributed by atoms with Crippen molar-refractivity contribution < 1.29 is 0 Å². The Morgan fingerprint density at radius 2 is 1.56 bits per heavy atom. The van der Waals surface area contributed by atoms with Crippen LogP contribution in [-0.4, -0.2) is 10.2 Å². The van der Waals surface area contributed by atoms with Gasteiger partial charge in [-0.15, -0.1) is 0 Å². The second-order valence-electron chi connectivity index (χ2n) is 4.24. The third-order valence-electron chi connectivity index (χ3n) is 2.94. The highest BCUT2D eigenvalue weighted by molar-refractivity contribution is 7.28. The molecule has 0 saturated carbocycles. The van der Waals surface area contributed by atoms with E-state index in [1.807, 2.05) is 0 Å². The third kappa shape index (κ3) is 4.07. The van der Waals surface area contributed by atoms with Crippen molar-refractivity contribution in [2.24, 2.45) is 0 Å². The Morgan fingerprint density at radius 3 is 2.25 bits per heavy atom. The summed E-state index contributed by atoms with van der Waals surface area (Å²) in [6, 6.07) is 0. The van der Waals surface area contributed by atoms with Gasteiger partial charge in [0.1, 0.15) is 0 Å². The zero-order valence-corrected chi connectivity index (χ0v) is 12.6. The van der Waals surface area contributed by atoms with Crippen molar-refractivity contribution in [3.05, 3.63) is 11.1 Å². The summed E-state index contributed by atoms with van der Waals surface area (Å²) in [6.07, 6.45) is 7.74. The molecule has 0 aliphatic carbocycles. The minimum atomic E-state index is 0.981. The summed E-state index contributed by atoms with van der Waals surface area (Å²) in [7, 11) is 5.35. The summed E-state index contributed by atoms with van der Waals surface area (Å²) < 4.78 is 0. The summed E-state index contributed by atoms with van der Waals surface area (Å²) in [6.45, 7) is 4.38. The van der Waals surface area contributed by atoms with Crippen molar-refractivity contribution in [3.63, 3.8) is 0 Å². The fraction of sp³-hybridized carbons (Fsp3) is 0.667. The fourth-order valence-corrected chi connectivity index (χ4v) is 2.46. The Balaban J connectivity index is 2.50. The van der Waals surface area contributed by atoms with E-state index in [4.69, 9.17) is 0 Å². The van der Waals surface area contributed by atoms with Gasteiger partial charge in [-0.2, -0.15) is 10.2 Å². The zero-order valence-electron chi connectivity index (χ0n) is 10.3. The van der Waals surface area contributed by atoms with E-state index in [0.29, 0.717) is 0 Å². The molecule has 0 radical (unpaired) electrons. The lowest BCUT2D eigenvalue weighted by atomic mass is 10.0. The molecule has 0 amide bonds. The van der Waals surface area contributed by atoms with Crippen LogP contribution in [0.1, 0.15) is 50.2 Å². The van der Waals surface area contributed by atoms with Crippen LogP contribution in [0, 0.1) is 6.92 Å². The fourth-order valence-electron chi connectivity index (χ4n) is 1.81. The molecule has 16 heavy (non-hydrogen) atoms. The summed E-state index contributed by atoms with van der Waals surface area (Å²) in [4.78, 5) is 0. The third-order valence-corrected chi connectivity index (χ3v) is 3.95. The summed E-state index contributed by atoms with van der Waals surface area (Å²) in [5.74, 6) is 0. The zero-order chi connectivity index (χ0) is 12.0. The first-order valence-corrected chi connectivity index (χ1v) is 7.19. The Bertz CT molecular complexity index is 340. The topological polar surface area (TPSA) is 25.8 Å². The van der Waals surface area contributed by atoms with Crippen molar-refractivity contribution in [2.45, 2.75) is 52.4 Å². The van der Waals surface area contributed by atoms with E-state index < -0.39 is 0 Å². The van der Waals surface area contributed by atoms with Gasteiger partial charge in [-0.05, 0) is 30.9 Å². The maximum atomic E-state index is 4.15. The van der Waals surface area contributed by atoms with Crippen LogP contribution in [0.3, 0.4) is 0 Å². The molecule has 2 nitrogen and oxygen atoms in total. The Morgan fingerprint density at radius 1 is 0.938 bits per heavy atom. The molecule has 1 aromatic heterocycles. The van der Waals surface area contributed by atoms with Crippen LogP contribution < -0.4 is 10.9 Å². The molecule has 1 aromatic rings. The average molecular weight is 256 g/mol. The minimum absolute atomic E-state index is 0.981. The lowest BCUT2D eigenvalue weighted by Crippen LogP contribution is -2.19. The molecule has 4 heteroatoms. The number of aromatic nitrogens is 2. The quantitative estimate of drug-likeness (QED) is 0.576. The van der Waals surface area contributed by atoms with Crippen molar-refractivity contribution in [1.29, 1.82) is 0 Å². The molecule has 90 valence electrons. The SMILES string of the molecule is CCCCCCCc1c(P)nnc(P)c1C. The molecule has 1 heterocycles. The van der Waals surface area contributed by atoms with Crippen LogP contribution in [0.4, 0.5) is 0 Å². The number of rotatable bonds is 6. The molecule has 2 atom stereocenters. The first-order valence-electron chi connectivity index (χ1n) is 6.04. The van der Waals surface area contributed by atoms with E-state index >= 15 is 0 Å². The Hall–Kier alpha value is -0.0600. The Labute approximate surface area is 103 Å². The summed E-state index contributed by atoms with van der Waals surface area (Å²) in [5.41, 5.74) is 4.64. The predicted molar refractivity (Wildman–Crippen MR) is 77.9 cm³/mol. The molecule has 0 aromatic carbocycles. The molecule has 0 saturated heterocycles. The van der Waals surface area contributed by atoms with Gasteiger partial charge in [-0.3, -0.25) is 0 Å². The predicted octanol–water partition coefficient (Wildman–Crippen LogP) is 2.30. The molecule has 2 unspecified atom stereocenters. The lowest BCUT2D eigenvalue weighted by Gasteiger charge is -2.09. The van der Waals surface area contributed by atoms with Gasteiger partial charge in [0.05, 0.1) is 10.9 Å². The van der Waals surface area contributed by atoms with Crippen molar-refractivity contribution in [3.8, 4) is 0 Å². The normalized spacial score (nSPS) is 10.8. The monoisotopic (exact) mass is 256 g/mol. The molecule has 0 spiro atoms. The van der Waals surface area contributed by atoms with Crippen LogP contribution in [0.2, 0.25) is 0 Å². The van der Waals surface area contributed by atoms with Crippen molar-refractivity contribution in [2.75, 3.05) is 0 Å². The number of hydrogen-bond acceptors (Lipinski definition) is 2. The second kappa shape index (κ2) is 7.30. The van der Waals surface area contributed by atoms with Gasteiger partial charge in [0, 0.05) is 0 Å². The number of hydrogen-bond donors (Lipinski definition) is 0. The van der Waals surface area contributed by atoms with E-state index in [1.165, 1.54) is 43.2 Å². The van der Waals surface area contributed by atoms with Gasteiger partial charge in [0.15, 0.2) is 0 Å². The smallest absolute Gasteiger partial charge is 0.0830 e. The van der Waals surface area contributed by atoms with Gasteiger partial charge >= 0.3 is 0 Å². The lowest BCUT2D eigenvalue weighted by molar-refractivity contribution is 0.631. The van der Waals surface area contributed by atoms with Gasteiger partial charge < -0.3 is 0 Å². The molecule has 1 rings (SSSR count). The summed E-state index contributed by atoms with van der Waals surface area (Å²) >= 11 is 0. The van der Waals surface area contributed by atoms with Crippen molar-refractivity contribution >= 4 is 29.3 Å². The minimum Gasteiger partial charge on any atom is -0.150 e.